The van der Waals surface area contributed by atoms with E-state index in [4.69, 9.17) is 0 Å². The molecule has 0 heterocycles. The predicted molar refractivity (Wildman–Crippen MR) is 110 cm³/mol. The predicted octanol–water partition coefficient (Wildman–Crippen LogP) is 6.56. The molecule has 1 aromatic carbocycles. The summed E-state index contributed by atoms with van der Waals surface area (Å²) < 4.78 is 14.2. The second-order valence-electron chi connectivity index (χ2n) is 11.0. The van der Waals surface area contributed by atoms with E-state index in [9.17, 15) is 0 Å². The number of nitrogens with one attached hydrogen (secondary N) is 1. The molecule has 2 rings (SSSR count). The molecular formula is C19H34BrNSiZr. The van der Waals surface area contributed by atoms with Crippen molar-refractivity contribution in [3.63, 3.8) is 0 Å². The van der Waals surface area contributed by atoms with Crippen molar-refractivity contribution >= 4 is 27.9 Å². The van der Waals surface area contributed by atoms with Crippen LogP contribution in [0.1, 0.15) is 42.4 Å². The minimum absolute atomic E-state index is 0.141. The molecule has 0 aromatic heterocycles. The average molecular weight is 476 g/mol. The first-order valence-corrected chi connectivity index (χ1v) is 26.8. The zero-order chi connectivity index (χ0) is 17.9. The first kappa shape index (κ1) is 19.8. The van der Waals surface area contributed by atoms with Gasteiger partial charge in [0.1, 0.15) is 0 Å². The molecule has 1 nitrogen and oxygen atoms in total. The molecule has 0 spiro atoms. The van der Waals surface area contributed by atoms with Crippen LogP contribution in [0, 0.1) is 0 Å². The summed E-state index contributed by atoms with van der Waals surface area (Å²) in [6.07, 6.45) is 2.43. The van der Waals surface area contributed by atoms with Gasteiger partial charge in [-0.05, 0) is 0 Å². The van der Waals surface area contributed by atoms with Crippen LogP contribution in [0.3, 0.4) is 0 Å². The minimum atomic E-state index is -3.75. The van der Waals surface area contributed by atoms with Crippen molar-refractivity contribution in [2.24, 2.45) is 0 Å². The van der Waals surface area contributed by atoms with Crippen LogP contribution in [-0.4, -0.2) is 11.5 Å². The van der Waals surface area contributed by atoms with Crippen molar-refractivity contribution in [2.45, 2.75) is 63.8 Å². The molecule has 0 fully saturated rings. The van der Waals surface area contributed by atoms with E-state index >= 15 is 0 Å². The van der Waals surface area contributed by atoms with Gasteiger partial charge in [-0.1, -0.05) is 0 Å². The van der Waals surface area contributed by atoms with Crippen LogP contribution < -0.4 is 3.26 Å². The quantitative estimate of drug-likeness (QED) is 0.488. The van der Waals surface area contributed by atoms with E-state index in [1.165, 1.54) is 10.0 Å². The first-order chi connectivity index (χ1) is 10.1. The van der Waals surface area contributed by atoms with E-state index in [1.807, 2.05) is 0 Å². The van der Waals surface area contributed by atoms with E-state index in [2.05, 4.69) is 98.1 Å². The van der Waals surface area contributed by atoms with Crippen molar-refractivity contribution in [3.8, 4) is 0 Å². The van der Waals surface area contributed by atoms with Crippen molar-refractivity contribution in [1.82, 2.24) is 3.26 Å². The Kier molecular flexibility index (Phi) is 4.53. The molecule has 4 heteroatoms. The molecule has 0 bridgehead atoms. The Balaban J connectivity index is 2.80. The van der Waals surface area contributed by atoms with Crippen molar-refractivity contribution in [1.29, 1.82) is 0 Å². The summed E-state index contributed by atoms with van der Waals surface area (Å²) in [7, 11) is 0. The summed E-state index contributed by atoms with van der Waals surface area (Å²) in [6, 6.07) is 6.74. The molecule has 23 heavy (non-hydrogen) atoms. The van der Waals surface area contributed by atoms with E-state index in [0.29, 0.717) is 3.63 Å². The zero-order valence-electron chi connectivity index (χ0n) is 16.3. The molecular weight excluding hydrogens is 441 g/mol. The molecule has 1 aliphatic carbocycles. The van der Waals surface area contributed by atoms with Gasteiger partial charge >= 0.3 is 151 Å². The summed E-state index contributed by atoms with van der Waals surface area (Å²) in [5, 5.41) is 0. The number of rotatable bonds is 3. The first-order valence-electron chi connectivity index (χ1n) is 8.82. The molecule has 0 aliphatic heterocycles. The van der Waals surface area contributed by atoms with Crippen LogP contribution >= 0.6 is 15.9 Å². The summed E-state index contributed by atoms with van der Waals surface area (Å²) >= 11 is 0.0241. The Labute approximate surface area is 150 Å². The zero-order valence-corrected chi connectivity index (χ0v) is 21.5. The number of halogens is 1. The molecule has 0 saturated heterocycles. The Morgan fingerprint density at radius 1 is 1.13 bits per heavy atom. The topological polar surface area (TPSA) is 12.0 Å². The van der Waals surface area contributed by atoms with Gasteiger partial charge in [-0.25, -0.2) is 0 Å². The maximum atomic E-state index is 4.33. The molecule has 1 atom stereocenters. The number of benzene rings is 1. The van der Waals surface area contributed by atoms with Crippen LogP contribution in [-0.2, 0) is 16.7 Å². The van der Waals surface area contributed by atoms with Gasteiger partial charge in [-0.3, -0.25) is 0 Å². The van der Waals surface area contributed by atoms with Gasteiger partial charge in [-0.2, -0.15) is 0 Å². The molecule has 0 amide bonds. The van der Waals surface area contributed by atoms with Gasteiger partial charge < -0.3 is 0 Å². The summed E-state index contributed by atoms with van der Waals surface area (Å²) in [5.74, 6) is -0.961. The second kappa shape index (κ2) is 5.25. The normalized spacial score (nSPS) is 21.7. The van der Waals surface area contributed by atoms with Crippen LogP contribution in [0.4, 0.5) is 0 Å². The molecule has 1 aromatic rings. The van der Waals surface area contributed by atoms with E-state index < -0.39 is 22.7 Å². The molecule has 0 radical (unpaired) electrons. The SMILES string of the molecule is CC1=Cc2c(Br)cccc2[CH]1[Zr]([CH3])([CH3])([CH3])([NH]C(C)(C)C)[SiH](C)C. The molecule has 1 unspecified atom stereocenters. The van der Waals surface area contributed by atoms with Crippen LogP contribution in [0.5, 0.6) is 0 Å². The number of hydrogen-bond donors (Lipinski definition) is 1. The van der Waals surface area contributed by atoms with Gasteiger partial charge in [-0.15, -0.1) is 0 Å². The van der Waals surface area contributed by atoms with E-state index in [-0.39, 0.29) is 5.54 Å². The van der Waals surface area contributed by atoms with Crippen LogP contribution in [0.15, 0.2) is 28.2 Å². The Hall–Kier alpha value is 0.500. The van der Waals surface area contributed by atoms with Gasteiger partial charge in [0, 0.05) is 0 Å². The maximum absolute atomic E-state index is 4.33. The third kappa shape index (κ3) is 3.18. The fourth-order valence-electron chi connectivity index (χ4n) is 5.18. The Bertz CT molecular complexity index is 689. The summed E-state index contributed by atoms with van der Waals surface area (Å²) in [6.45, 7) is 14.5. The Morgan fingerprint density at radius 3 is 2.17 bits per heavy atom. The number of fused-ring (bicyclic) bond motifs is 1. The van der Waals surface area contributed by atoms with E-state index in [0.717, 1.165) is 0 Å². The standard InChI is InChI=1S/C10H8Br.C4H10N.C2H7Si.3CH3.Zr/c1-7-5-8-3-2-4-10(11)9(8)6-7;1-4(2,3)5;1-3-2;;;;/h2-6H,1H3;5H,1-3H3;3H,1-2H3;3*1H3;/q;-1;;;;;+1. The third-order valence-electron chi connectivity index (χ3n) is 6.65. The molecule has 0 saturated carbocycles. The monoisotopic (exact) mass is 473 g/mol. The second-order valence-corrected chi connectivity index (χ2v) is 60.5. The number of allylic oxidation sites excluding steroid dienone is 1. The number of hydrogen-bond acceptors (Lipinski definition) is 1. The summed E-state index contributed by atoms with van der Waals surface area (Å²) in [4.78, 5) is 0. The average Bonchev–Trinajstić information content (AvgIpc) is 2.64. The molecule has 130 valence electrons. The third-order valence-corrected chi connectivity index (χ3v) is 61.7. The van der Waals surface area contributed by atoms with Gasteiger partial charge in [0.2, 0.25) is 0 Å². The molecule has 1 aliphatic rings. The van der Waals surface area contributed by atoms with Crippen LogP contribution in [0.25, 0.3) is 6.08 Å². The summed E-state index contributed by atoms with van der Waals surface area (Å²) in [5.41, 5.74) is 4.64. The Morgan fingerprint density at radius 2 is 1.70 bits per heavy atom. The van der Waals surface area contributed by atoms with Gasteiger partial charge in [0.05, 0.1) is 0 Å². The van der Waals surface area contributed by atoms with Gasteiger partial charge in [0.15, 0.2) is 0 Å². The van der Waals surface area contributed by atoms with Crippen molar-refractivity contribution in [3.05, 3.63) is 39.4 Å². The molecule has 1 N–H and O–H groups in total. The van der Waals surface area contributed by atoms with E-state index in [1.54, 1.807) is 11.1 Å². The fourth-order valence-corrected chi connectivity index (χ4v) is 35.4. The van der Waals surface area contributed by atoms with Crippen LogP contribution in [0.2, 0.25) is 27.0 Å². The van der Waals surface area contributed by atoms with Crippen molar-refractivity contribution in [2.75, 3.05) is 0 Å². The van der Waals surface area contributed by atoms with Crippen molar-refractivity contribution < 1.29 is 16.7 Å². The van der Waals surface area contributed by atoms with Gasteiger partial charge in [0.25, 0.3) is 0 Å². The fraction of sp³-hybridized carbons (Fsp3) is 0.579.